The van der Waals surface area contributed by atoms with Crippen LogP contribution in [0.1, 0.15) is 18.4 Å². The SMILES string of the molecule is COc1cc(C)c(S(=O)(=O)N2CCCC(O)C2)cc1OC. The third kappa shape index (κ3) is 3.14. The van der Waals surface area contributed by atoms with Crippen molar-refractivity contribution in [3.63, 3.8) is 0 Å². The van der Waals surface area contributed by atoms with Crippen LogP contribution in [0.5, 0.6) is 11.5 Å². The number of aryl methyl sites for hydroxylation is 1. The third-order valence-electron chi connectivity index (χ3n) is 3.66. The van der Waals surface area contributed by atoms with Crippen LogP contribution in [0.4, 0.5) is 0 Å². The number of piperidine rings is 1. The normalized spacial score (nSPS) is 20.3. The summed E-state index contributed by atoms with van der Waals surface area (Å²) in [5, 5.41) is 9.69. The van der Waals surface area contributed by atoms with Gasteiger partial charge in [0, 0.05) is 19.2 Å². The van der Waals surface area contributed by atoms with Crippen LogP contribution < -0.4 is 9.47 Å². The Hall–Kier alpha value is -1.31. The van der Waals surface area contributed by atoms with Crippen molar-refractivity contribution in [2.45, 2.75) is 30.8 Å². The maximum atomic E-state index is 12.7. The molecule has 1 aromatic carbocycles. The molecule has 1 aliphatic rings. The second-order valence-corrected chi connectivity index (χ2v) is 7.04. The van der Waals surface area contributed by atoms with Crippen LogP contribution in [0, 0.1) is 6.92 Å². The van der Waals surface area contributed by atoms with Crippen molar-refractivity contribution in [3.8, 4) is 11.5 Å². The van der Waals surface area contributed by atoms with E-state index >= 15 is 0 Å². The van der Waals surface area contributed by atoms with Crippen LogP contribution in [-0.2, 0) is 10.0 Å². The third-order valence-corrected chi connectivity index (χ3v) is 5.67. The molecule has 0 radical (unpaired) electrons. The summed E-state index contributed by atoms with van der Waals surface area (Å²) in [7, 11) is -0.673. The second-order valence-electron chi connectivity index (χ2n) is 5.13. The molecule has 118 valence electrons. The van der Waals surface area contributed by atoms with Crippen LogP contribution in [0.3, 0.4) is 0 Å². The second kappa shape index (κ2) is 6.21. The van der Waals surface area contributed by atoms with E-state index in [1.165, 1.54) is 24.6 Å². The summed E-state index contributed by atoms with van der Waals surface area (Å²) in [5.41, 5.74) is 0.590. The van der Waals surface area contributed by atoms with Crippen molar-refractivity contribution in [2.75, 3.05) is 27.3 Å². The summed E-state index contributed by atoms with van der Waals surface area (Å²) in [4.78, 5) is 0.189. The number of benzene rings is 1. The predicted molar refractivity (Wildman–Crippen MR) is 78.3 cm³/mol. The van der Waals surface area contributed by atoms with Crippen LogP contribution in [-0.4, -0.2) is 51.2 Å². The summed E-state index contributed by atoms with van der Waals surface area (Å²) in [5.74, 6) is 0.867. The molecule has 0 spiro atoms. The molecule has 6 nitrogen and oxygen atoms in total. The van der Waals surface area contributed by atoms with Crippen LogP contribution in [0.2, 0.25) is 0 Å². The van der Waals surface area contributed by atoms with Gasteiger partial charge in [-0.15, -0.1) is 0 Å². The summed E-state index contributed by atoms with van der Waals surface area (Å²) in [6.07, 6.45) is 0.693. The van der Waals surface area contributed by atoms with Gasteiger partial charge in [-0.05, 0) is 31.4 Å². The first-order valence-corrected chi connectivity index (χ1v) is 8.25. The highest BCUT2D eigenvalue weighted by Gasteiger charge is 2.31. The molecule has 0 aliphatic carbocycles. The molecular weight excluding hydrogens is 294 g/mol. The highest BCUT2D eigenvalue weighted by molar-refractivity contribution is 7.89. The number of β-amino-alcohol motifs (C(OH)–C–C–N with tert-alkyl or cyclic N) is 1. The average molecular weight is 315 g/mol. The molecule has 1 aromatic rings. The standard InChI is InChI=1S/C14H21NO5S/c1-10-7-12(19-2)13(20-3)8-14(10)21(17,18)15-6-4-5-11(16)9-15/h7-8,11,16H,4-6,9H2,1-3H3. The summed E-state index contributed by atoms with van der Waals surface area (Å²) in [6, 6.07) is 3.12. The summed E-state index contributed by atoms with van der Waals surface area (Å²) in [6.45, 7) is 2.28. The lowest BCUT2D eigenvalue weighted by molar-refractivity contribution is 0.108. The van der Waals surface area contributed by atoms with Gasteiger partial charge in [-0.2, -0.15) is 4.31 Å². The fourth-order valence-electron chi connectivity index (χ4n) is 2.52. The zero-order valence-corrected chi connectivity index (χ0v) is 13.3. The molecule has 0 aromatic heterocycles. The number of hydrogen-bond donors (Lipinski definition) is 1. The lowest BCUT2D eigenvalue weighted by Gasteiger charge is -2.29. The Morgan fingerprint density at radius 3 is 2.43 bits per heavy atom. The van der Waals surface area contributed by atoms with Gasteiger partial charge in [-0.3, -0.25) is 0 Å². The topological polar surface area (TPSA) is 76.1 Å². The first kappa shape index (κ1) is 16.1. The van der Waals surface area contributed by atoms with Crippen LogP contribution in [0.25, 0.3) is 0 Å². The number of ether oxygens (including phenoxy) is 2. The molecule has 7 heteroatoms. The Labute approximate surface area is 125 Å². The van der Waals surface area contributed by atoms with E-state index in [9.17, 15) is 13.5 Å². The smallest absolute Gasteiger partial charge is 0.243 e. The molecule has 1 fully saturated rings. The molecular formula is C14H21NO5S. The van der Waals surface area contributed by atoms with Crippen molar-refractivity contribution >= 4 is 10.0 Å². The molecule has 1 atom stereocenters. The molecule has 1 heterocycles. The zero-order valence-electron chi connectivity index (χ0n) is 12.5. The first-order chi connectivity index (χ1) is 9.90. The number of nitrogens with zero attached hydrogens (tertiary/aromatic N) is 1. The minimum atomic E-state index is -3.65. The molecule has 1 N–H and O–H groups in total. The lowest BCUT2D eigenvalue weighted by Crippen LogP contribution is -2.42. The molecule has 0 saturated carbocycles. The van der Waals surface area contributed by atoms with Gasteiger partial charge in [0.05, 0.1) is 25.2 Å². The number of aliphatic hydroxyl groups is 1. The zero-order chi connectivity index (χ0) is 15.6. The monoisotopic (exact) mass is 315 g/mol. The van der Waals surface area contributed by atoms with Gasteiger partial charge in [0.25, 0.3) is 0 Å². The minimum Gasteiger partial charge on any atom is -0.493 e. The number of methoxy groups -OCH3 is 2. The van der Waals surface area contributed by atoms with Crippen molar-refractivity contribution in [3.05, 3.63) is 17.7 Å². The first-order valence-electron chi connectivity index (χ1n) is 6.81. The van der Waals surface area contributed by atoms with Gasteiger partial charge in [-0.1, -0.05) is 0 Å². The Bertz CT molecular complexity index is 614. The Kier molecular flexibility index (Phi) is 4.75. The molecule has 21 heavy (non-hydrogen) atoms. The van der Waals surface area contributed by atoms with E-state index in [1.807, 2.05) is 0 Å². The molecule has 1 unspecified atom stereocenters. The molecule has 0 amide bonds. The van der Waals surface area contributed by atoms with E-state index in [1.54, 1.807) is 13.0 Å². The molecule has 1 saturated heterocycles. The van der Waals surface area contributed by atoms with Gasteiger partial charge in [-0.25, -0.2) is 8.42 Å². The molecule has 0 bridgehead atoms. The number of aliphatic hydroxyl groups excluding tert-OH is 1. The van der Waals surface area contributed by atoms with Crippen molar-refractivity contribution in [1.82, 2.24) is 4.31 Å². The van der Waals surface area contributed by atoms with Gasteiger partial charge < -0.3 is 14.6 Å². The van der Waals surface area contributed by atoms with Crippen molar-refractivity contribution < 1.29 is 23.0 Å². The van der Waals surface area contributed by atoms with E-state index < -0.39 is 16.1 Å². The van der Waals surface area contributed by atoms with Gasteiger partial charge >= 0.3 is 0 Å². The van der Waals surface area contributed by atoms with Crippen LogP contribution in [0.15, 0.2) is 17.0 Å². The van der Waals surface area contributed by atoms with Crippen molar-refractivity contribution in [1.29, 1.82) is 0 Å². The Morgan fingerprint density at radius 2 is 1.86 bits per heavy atom. The average Bonchev–Trinajstić information content (AvgIpc) is 2.46. The van der Waals surface area contributed by atoms with Gasteiger partial charge in [0.2, 0.25) is 10.0 Å². The van der Waals surface area contributed by atoms with E-state index in [4.69, 9.17) is 9.47 Å². The summed E-state index contributed by atoms with van der Waals surface area (Å²) < 4.78 is 37.2. The lowest BCUT2D eigenvalue weighted by atomic mass is 10.1. The fraction of sp³-hybridized carbons (Fsp3) is 0.571. The van der Waals surface area contributed by atoms with E-state index in [0.29, 0.717) is 36.4 Å². The Morgan fingerprint density at radius 1 is 1.24 bits per heavy atom. The minimum absolute atomic E-state index is 0.135. The maximum absolute atomic E-state index is 12.7. The van der Waals surface area contributed by atoms with E-state index in [2.05, 4.69) is 0 Å². The maximum Gasteiger partial charge on any atom is 0.243 e. The van der Waals surface area contributed by atoms with E-state index in [0.717, 1.165) is 0 Å². The quantitative estimate of drug-likeness (QED) is 0.902. The molecule has 1 aliphatic heterocycles. The van der Waals surface area contributed by atoms with Gasteiger partial charge in [0.15, 0.2) is 11.5 Å². The van der Waals surface area contributed by atoms with Crippen molar-refractivity contribution in [2.24, 2.45) is 0 Å². The largest absolute Gasteiger partial charge is 0.493 e. The highest BCUT2D eigenvalue weighted by atomic mass is 32.2. The number of rotatable bonds is 4. The summed E-state index contributed by atoms with van der Waals surface area (Å²) >= 11 is 0. The number of hydrogen-bond acceptors (Lipinski definition) is 5. The fourth-order valence-corrected chi connectivity index (χ4v) is 4.26. The Balaban J connectivity index is 2.44. The highest BCUT2D eigenvalue weighted by Crippen LogP contribution is 2.34. The molecule has 2 rings (SSSR count). The van der Waals surface area contributed by atoms with Crippen LogP contribution >= 0.6 is 0 Å². The van der Waals surface area contributed by atoms with E-state index in [-0.39, 0.29) is 11.4 Å². The van der Waals surface area contributed by atoms with Gasteiger partial charge in [0.1, 0.15) is 0 Å². The predicted octanol–water partition coefficient (Wildman–Crippen LogP) is 1.16. The number of sulfonamides is 1.